The number of ether oxygens (including phenoxy) is 1. The van der Waals surface area contributed by atoms with E-state index in [2.05, 4.69) is 18.9 Å². The van der Waals surface area contributed by atoms with E-state index in [0.717, 1.165) is 50.1 Å². The molecule has 0 aliphatic carbocycles. The van der Waals surface area contributed by atoms with E-state index in [0.29, 0.717) is 18.7 Å². The first-order valence-corrected chi connectivity index (χ1v) is 10.6. The predicted octanol–water partition coefficient (Wildman–Crippen LogP) is 4.45. The lowest BCUT2D eigenvalue weighted by Crippen LogP contribution is -2.37. The molecule has 1 aliphatic heterocycles. The van der Waals surface area contributed by atoms with E-state index in [4.69, 9.17) is 4.74 Å². The number of rotatable bonds is 9. The van der Waals surface area contributed by atoms with Gasteiger partial charge in [0.25, 0.3) is 5.91 Å². The van der Waals surface area contributed by atoms with Crippen molar-refractivity contribution in [2.75, 3.05) is 31.6 Å². The second-order valence-corrected chi connectivity index (χ2v) is 7.77. The van der Waals surface area contributed by atoms with Gasteiger partial charge in [0.1, 0.15) is 5.75 Å². The van der Waals surface area contributed by atoms with Gasteiger partial charge >= 0.3 is 0 Å². The molecule has 3 rings (SSSR count). The van der Waals surface area contributed by atoms with E-state index >= 15 is 0 Å². The predicted molar refractivity (Wildman–Crippen MR) is 116 cm³/mol. The number of benzene rings is 2. The number of anilines is 1. The van der Waals surface area contributed by atoms with Crippen molar-refractivity contribution in [3.8, 4) is 5.75 Å². The number of para-hydroxylation sites is 1. The molecule has 1 N–H and O–H groups in total. The van der Waals surface area contributed by atoms with Crippen molar-refractivity contribution in [3.63, 3.8) is 0 Å². The smallest absolute Gasteiger partial charge is 0.254 e. The number of phenolic OH excluding ortho intramolecular Hbond substituents is 1. The monoisotopic (exact) mass is 396 g/mol. The maximum atomic E-state index is 13.3. The zero-order valence-corrected chi connectivity index (χ0v) is 17.5. The minimum absolute atomic E-state index is 0.0356. The fraction of sp³-hybridized carbons (Fsp3) is 0.458. The normalized spacial score (nSPS) is 16.0. The maximum Gasteiger partial charge on any atom is 0.254 e. The molecule has 1 unspecified atom stereocenters. The van der Waals surface area contributed by atoms with Crippen molar-refractivity contribution >= 4 is 11.6 Å². The van der Waals surface area contributed by atoms with Crippen LogP contribution in [0.25, 0.3) is 0 Å². The van der Waals surface area contributed by atoms with Gasteiger partial charge in [0.15, 0.2) is 0 Å². The van der Waals surface area contributed by atoms with E-state index in [1.165, 1.54) is 0 Å². The average molecular weight is 397 g/mol. The lowest BCUT2D eigenvalue weighted by Gasteiger charge is -2.26. The van der Waals surface area contributed by atoms with Crippen LogP contribution in [0.2, 0.25) is 0 Å². The summed E-state index contributed by atoms with van der Waals surface area (Å²) >= 11 is 0. The molecule has 29 heavy (non-hydrogen) atoms. The molecular formula is C24H32N2O3. The second-order valence-electron chi connectivity index (χ2n) is 7.77. The van der Waals surface area contributed by atoms with Gasteiger partial charge in [0.05, 0.1) is 6.10 Å². The largest absolute Gasteiger partial charge is 0.508 e. The first-order chi connectivity index (χ1) is 14.1. The molecule has 0 saturated carbocycles. The van der Waals surface area contributed by atoms with Crippen molar-refractivity contribution < 1.29 is 14.6 Å². The first kappa shape index (κ1) is 21.2. The SMILES string of the molecule is CCCCN(C)c1ccc(C(=O)N(Cc2ccccc2O)CC2CCCO2)cc1. The molecule has 0 bridgehead atoms. The van der Waals surface area contributed by atoms with Crippen molar-refractivity contribution in [1.29, 1.82) is 0 Å². The van der Waals surface area contributed by atoms with E-state index in [1.807, 2.05) is 36.4 Å². The van der Waals surface area contributed by atoms with Crippen LogP contribution in [0.1, 0.15) is 48.5 Å². The number of aromatic hydroxyl groups is 1. The lowest BCUT2D eigenvalue weighted by atomic mass is 10.1. The van der Waals surface area contributed by atoms with Gasteiger partial charge < -0.3 is 19.6 Å². The van der Waals surface area contributed by atoms with E-state index in [-0.39, 0.29) is 17.8 Å². The van der Waals surface area contributed by atoms with Gasteiger partial charge in [-0.1, -0.05) is 31.5 Å². The highest BCUT2D eigenvalue weighted by Gasteiger charge is 2.24. The summed E-state index contributed by atoms with van der Waals surface area (Å²) in [6, 6.07) is 15.0. The van der Waals surface area contributed by atoms with Gasteiger partial charge in [-0.25, -0.2) is 0 Å². The minimum atomic E-state index is -0.0356. The van der Waals surface area contributed by atoms with Crippen LogP contribution in [0.15, 0.2) is 48.5 Å². The summed E-state index contributed by atoms with van der Waals surface area (Å²) in [6.07, 6.45) is 4.36. The fourth-order valence-corrected chi connectivity index (χ4v) is 3.67. The molecule has 1 saturated heterocycles. The molecule has 5 nitrogen and oxygen atoms in total. The number of nitrogens with zero attached hydrogens (tertiary/aromatic N) is 2. The molecule has 1 atom stereocenters. The Morgan fingerprint density at radius 3 is 2.59 bits per heavy atom. The Kier molecular flexibility index (Phi) is 7.53. The Morgan fingerprint density at radius 1 is 1.17 bits per heavy atom. The van der Waals surface area contributed by atoms with Crippen LogP contribution in [0, 0.1) is 0 Å². The standard InChI is InChI=1S/C24H32N2O3/c1-3-4-15-25(2)21-13-11-19(12-14-21)24(28)26(18-22-9-7-16-29-22)17-20-8-5-6-10-23(20)27/h5-6,8,10-14,22,27H,3-4,7,9,15-18H2,1-2H3. The summed E-state index contributed by atoms with van der Waals surface area (Å²) in [5, 5.41) is 10.2. The third kappa shape index (κ3) is 5.73. The highest BCUT2D eigenvalue weighted by molar-refractivity contribution is 5.94. The Labute approximate surface area is 173 Å². The third-order valence-corrected chi connectivity index (χ3v) is 5.49. The summed E-state index contributed by atoms with van der Waals surface area (Å²) in [5.74, 6) is 0.178. The number of hydrogen-bond donors (Lipinski definition) is 1. The molecule has 0 spiro atoms. The summed E-state index contributed by atoms with van der Waals surface area (Å²) < 4.78 is 5.76. The number of carbonyl (C=O) groups is 1. The molecule has 1 aliphatic rings. The Morgan fingerprint density at radius 2 is 1.93 bits per heavy atom. The summed E-state index contributed by atoms with van der Waals surface area (Å²) in [7, 11) is 2.08. The number of phenols is 1. The quantitative estimate of drug-likeness (QED) is 0.680. The molecule has 0 aromatic heterocycles. The molecule has 1 heterocycles. The van der Waals surface area contributed by atoms with Gasteiger partial charge in [0, 0.05) is 50.1 Å². The van der Waals surface area contributed by atoms with Crippen LogP contribution in [0.5, 0.6) is 5.75 Å². The zero-order chi connectivity index (χ0) is 20.6. The number of unbranched alkanes of at least 4 members (excludes halogenated alkanes) is 1. The molecule has 0 radical (unpaired) electrons. The Balaban J connectivity index is 1.75. The van der Waals surface area contributed by atoms with Crippen molar-refractivity contribution in [3.05, 3.63) is 59.7 Å². The second kappa shape index (κ2) is 10.3. The van der Waals surface area contributed by atoms with Crippen LogP contribution in [0.4, 0.5) is 5.69 Å². The van der Waals surface area contributed by atoms with E-state index in [1.54, 1.807) is 17.0 Å². The van der Waals surface area contributed by atoms with Crippen LogP contribution >= 0.6 is 0 Å². The Bertz CT molecular complexity index is 785. The molecule has 156 valence electrons. The molecule has 2 aromatic rings. The summed E-state index contributed by atoms with van der Waals surface area (Å²) in [4.78, 5) is 17.3. The van der Waals surface area contributed by atoms with Crippen LogP contribution < -0.4 is 4.90 Å². The summed E-state index contributed by atoms with van der Waals surface area (Å²) in [5.41, 5.74) is 2.52. The highest BCUT2D eigenvalue weighted by atomic mass is 16.5. The van der Waals surface area contributed by atoms with Crippen LogP contribution in [0.3, 0.4) is 0 Å². The lowest BCUT2D eigenvalue weighted by molar-refractivity contribution is 0.0506. The first-order valence-electron chi connectivity index (χ1n) is 10.6. The van der Waals surface area contributed by atoms with E-state index in [9.17, 15) is 9.90 Å². The topological polar surface area (TPSA) is 53.0 Å². The molecule has 1 amide bonds. The van der Waals surface area contributed by atoms with Crippen molar-refractivity contribution in [2.24, 2.45) is 0 Å². The minimum Gasteiger partial charge on any atom is -0.508 e. The van der Waals surface area contributed by atoms with Gasteiger partial charge in [-0.05, 0) is 49.6 Å². The Hall–Kier alpha value is -2.53. The third-order valence-electron chi connectivity index (χ3n) is 5.49. The van der Waals surface area contributed by atoms with Crippen LogP contribution in [-0.4, -0.2) is 48.8 Å². The number of hydrogen-bond acceptors (Lipinski definition) is 4. The molecule has 2 aromatic carbocycles. The number of carbonyl (C=O) groups excluding carboxylic acids is 1. The van der Waals surface area contributed by atoms with Crippen molar-refractivity contribution in [1.82, 2.24) is 4.90 Å². The zero-order valence-electron chi connectivity index (χ0n) is 17.5. The van der Waals surface area contributed by atoms with Gasteiger partial charge in [0.2, 0.25) is 0 Å². The molecule has 1 fully saturated rings. The van der Waals surface area contributed by atoms with Crippen LogP contribution in [-0.2, 0) is 11.3 Å². The number of amides is 1. The average Bonchev–Trinajstić information content (AvgIpc) is 3.26. The van der Waals surface area contributed by atoms with Crippen molar-refractivity contribution in [2.45, 2.75) is 45.3 Å². The maximum absolute atomic E-state index is 13.3. The fourth-order valence-electron chi connectivity index (χ4n) is 3.67. The molecular weight excluding hydrogens is 364 g/mol. The molecule has 5 heteroatoms. The van der Waals surface area contributed by atoms with E-state index < -0.39 is 0 Å². The van der Waals surface area contributed by atoms with Gasteiger partial charge in [-0.15, -0.1) is 0 Å². The van der Waals surface area contributed by atoms with Gasteiger partial charge in [-0.2, -0.15) is 0 Å². The van der Waals surface area contributed by atoms with Gasteiger partial charge in [-0.3, -0.25) is 4.79 Å². The summed E-state index contributed by atoms with van der Waals surface area (Å²) in [6.45, 7) is 4.84. The highest BCUT2D eigenvalue weighted by Crippen LogP contribution is 2.22.